The first-order chi connectivity index (χ1) is 10.8. The standard InChI is InChI=1S/C19H21NOS/c1-15(22-14-16-8-3-2-4-9-16)19(21)20-13-7-11-17-10-5-6-12-18(17)20/h2-6,8-10,12,15H,7,11,13-14H2,1H3. The maximum atomic E-state index is 12.8. The maximum absolute atomic E-state index is 12.8. The molecule has 1 heterocycles. The summed E-state index contributed by atoms with van der Waals surface area (Å²) in [6.45, 7) is 2.86. The number of fused-ring (bicyclic) bond motifs is 1. The van der Waals surface area contributed by atoms with Crippen molar-refractivity contribution in [2.45, 2.75) is 30.8 Å². The van der Waals surface area contributed by atoms with Crippen LogP contribution in [0.2, 0.25) is 0 Å². The topological polar surface area (TPSA) is 20.3 Å². The van der Waals surface area contributed by atoms with Gasteiger partial charge in [-0.15, -0.1) is 11.8 Å². The summed E-state index contributed by atoms with van der Waals surface area (Å²) in [6, 6.07) is 18.6. The van der Waals surface area contributed by atoms with E-state index in [1.165, 1.54) is 11.1 Å². The van der Waals surface area contributed by atoms with E-state index in [4.69, 9.17) is 0 Å². The van der Waals surface area contributed by atoms with E-state index in [0.29, 0.717) is 0 Å². The van der Waals surface area contributed by atoms with Crippen LogP contribution in [0.1, 0.15) is 24.5 Å². The zero-order valence-electron chi connectivity index (χ0n) is 12.9. The first-order valence-electron chi connectivity index (χ1n) is 7.80. The second kappa shape index (κ2) is 7.01. The number of hydrogen-bond donors (Lipinski definition) is 0. The molecule has 22 heavy (non-hydrogen) atoms. The number of benzene rings is 2. The highest BCUT2D eigenvalue weighted by Crippen LogP contribution is 2.29. The molecule has 3 rings (SSSR count). The molecule has 2 nitrogen and oxygen atoms in total. The van der Waals surface area contributed by atoms with E-state index in [9.17, 15) is 4.79 Å². The summed E-state index contributed by atoms with van der Waals surface area (Å²) in [5.74, 6) is 1.11. The van der Waals surface area contributed by atoms with Gasteiger partial charge in [-0.1, -0.05) is 48.5 Å². The smallest absolute Gasteiger partial charge is 0.239 e. The Morgan fingerprint density at radius 3 is 2.68 bits per heavy atom. The van der Waals surface area contributed by atoms with Gasteiger partial charge >= 0.3 is 0 Å². The van der Waals surface area contributed by atoms with Crippen molar-refractivity contribution in [1.29, 1.82) is 0 Å². The minimum atomic E-state index is -0.0219. The number of rotatable bonds is 4. The molecule has 114 valence electrons. The van der Waals surface area contributed by atoms with Gasteiger partial charge in [-0.2, -0.15) is 0 Å². The van der Waals surface area contributed by atoms with Gasteiger partial charge in [-0.05, 0) is 37.0 Å². The van der Waals surface area contributed by atoms with Crippen molar-refractivity contribution in [3.63, 3.8) is 0 Å². The zero-order valence-corrected chi connectivity index (χ0v) is 13.7. The molecule has 0 spiro atoms. The van der Waals surface area contributed by atoms with Crippen LogP contribution in [-0.2, 0) is 17.0 Å². The maximum Gasteiger partial charge on any atom is 0.239 e. The van der Waals surface area contributed by atoms with Crippen molar-refractivity contribution in [3.05, 3.63) is 65.7 Å². The SMILES string of the molecule is CC(SCc1ccccc1)C(=O)N1CCCc2ccccc21. The lowest BCUT2D eigenvalue weighted by Gasteiger charge is -2.31. The Morgan fingerprint density at radius 1 is 1.14 bits per heavy atom. The van der Waals surface area contributed by atoms with Crippen LogP contribution in [0.3, 0.4) is 0 Å². The van der Waals surface area contributed by atoms with Gasteiger partial charge in [0.1, 0.15) is 0 Å². The van der Waals surface area contributed by atoms with Crippen LogP contribution < -0.4 is 4.90 Å². The zero-order chi connectivity index (χ0) is 15.4. The third-order valence-electron chi connectivity index (χ3n) is 4.07. The number of para-hydroxylation sites is 1. The summed E-state index contributed by atoms with van der Waals surface area (Å²) in [7, 11) is 0. The predicted octanol–water partition coefficient (Wildman–Crippen LogP) is 4.29. The molecule has 0 saturated carbocycles. The molecule has 0 fully saturated rings. The molecule has 1 aliphatic heterocycles. The van der Waals surface area contributed by atoms with Crippen LogP contribution in [0, 0.1) is 0 Å². The van der Waals surface area contributed by atoms with E-state index in [1.807, 2.05) is 36.1 Å². The highest BCUT2D eigenvalue weighted by molar-refractivity contribution is 7.99. The van der Waals surface area contributed by atoms with Gasteiger partial charge in [0.15, 0.2) is 0 Å². The summed E-state index contributed by atoms with van der Waals surface area (Å²) in [4.78, 5) is 14.8. The predicted molar refractivity (Wildman–Crippen MR) is 94.3 cm³/mol. The van der Waals surface area contributed by atoms with Gasteiger partial charge in [-0.25, -0.2) is 0 Å². The fourth-order valence-corrected chi connectivity index (χ4v) is 3.75. The van der Waals surface area contributed by atoms with E-state index in [-0.39, 0.29) is 11.2 Å². The van der Waals surface area contributed by atoms with Crippen LogP contribution in [0.25, 0.3) is 0 Å². The summed E-state index contributed by atoms with van der Waals surface area (Å²) >= 11 is 1.71. The van der Waals surface area contributed by atoms with Crippen LogP contribution in [0.15, 0.2) is 54.6 Å². The number of nitrogens with zero attached hydrogens (tertiary/aromatic N) is 1. The molecular formula is C19H21NOS. The van der Waals surface area contributed by atoms with Crippen molar-refractivity contribution in [3.8, 4) is 0 Å². The number of carbonyl (C=O) groups is 1. The summed E-state index contributed by atoms with van der Waals surface area (Å²) in [6.07, 6.45) is 2.13. The third kappa shape index (κ3) is 3.36. The van der Waals surface area contributed by atoms with E-state index in [0.717, 1.165) is 30.8 Å². The Balaban J connectivity index is 1.66. The molecule has 0 saturated heterocycles. The molecule has 0 N–H and O–H groups in total. The lowest BCUT2D eigenvalue weighted by molar-refractivity contribution is -0.117. The van der Waals surface area contributed by atoms with E-state index in [2.05, 4.69) is 30.3 Å². The molecule has 0 aromatic heterocycles. The normalized spacial score (nSPS) is 15.2. The Bertz CT molecular complexity index is 641. The number of thioether (sulfide) groups is 1. The molecule has 0 radical (unpaired) electrons. The van der Waals surface area contributed by atoms with Crippen molar-refractivity contribution in [1.82, 2.24) is 0 Å². The van der Waals surface area contributed by atoms with Crippen LogP contribution in [0.5, 0.6) is 0 Å². The van der Waals surface area contributed by atoms with Gasteiger partial charge in [0.25, 0.3) is 0 Å². The number of aryl methyl sites for hydroxylation is 1. The molecule has 2 aromatic carbocycles. The van der Waals surface area contributed by atoms with Crippen LogP contribution >= 0.6 is 11.8 Å². The molecular weight excluding hydrogens is 290 g/mol. The van der Waals surface area contributed by atoms with Crippen LogP contribution in [-0.4, -0.2) is 17.7 Å². The molecule has 1 amide bonds. The van der Waals surface area contributed by atoms with E-state index >= 15 is 0 Å². The fraction of sp³-hybridized carbons (Fsp3) is 0.316. The molecule has 1 atom stereocenters. The number of amides is 1. The highest BCUT2D eigenvalue weighted by Gasteiger charge is 2.26. The van der Waals surface area contributed by atoms with Gasteiger partial charge in [-0.3, -0.25) is 4.79 Å². The molecule has 2 aromatic rings. The average molecular weight is 311 g/mol. The lowest BCUT2D eigenvalue weighted by atomic mass is 10.0. The second-order valence-electron chi connectivity index (χ2n) is 5.66. The number of hydrogen-bond acceptors (Lipinski definition) is 2. The average Bonchev–Trinajstić information content (AvgIpc) is 2.59. The van der Waals surface area contributed by atoms with E-state index < -0.39 is 0 Å². The molecule has 1 unspecified atom stereocenters. The van der Waals surface area contributed by atoms with Gasteiger partial charge < -0.3 is 4.90 Å². The molecule has 0 bridgehead atoms. The van der Waals surface area contributed by atoms with Gasteiger partial charge in [0.05, 0.1) is 5.25 Å². The first kappa shape index (κ1) is 15.2. The van der Waals surface area contributed by atoms with Gasteiger partial charge in [0, 0.05) is 18.0 Å². The molecule has 3 heteroatoms. The minimum Gasteiger partial charge on any atom is -0.311 e. The van der Waals surface area contributed by atoms with Crippen molar-refractivity contribution in [2.75, 3.05) is 11.4 Å². The quantitative estimate of drug-likeness (QED) is 0.839. The molecule has 0 aliphatic carbocycles. The minimum absolute atomic E-state index is 0.0219. The van der Waals surface area contributed by atoms with Crippen molar-refractivity contribution < 1.29 is 4.79 Å². The van der Waals surface area contributed by atoms with Crippen molar-refractivity contribution >= 4 is 23.4 Å². The highest BCUT2D eigenvalue weighted by atomic mass is 32.2. The monoisotopic (exact) mass is 311 g/mol. The largest absolute Gasteiger partial charge is 0.311 e. The first-order valence-corrected chi connectivity index (χ1v) is 8.85. The molecule has 1 aliphatic rings. The fourth-order valence-electron chi connectivity index (χ4n) is 2.85. The van der Waals surface area contributed by atoms with Crippen molar-refractivity contribution in [2.24, 2.45) is 0 Å². The Labute approximate surface area is 136 Å². The summed E-state index contributed by atoms with van der Waals surface area (Å²) in [5.41, 5.74) is 3.67. The van der Waals surface area contributed by atoms with Gasteiger partial charge in [0.2, 0.25) is 5.91 Å². The van der Waals surface area contributed by atoms with Crippen LogP contribution in [0.4, 0.5) is 5.69 Å². The lowest BCUT2D eigenvalue weighted by Crippen LogP contribution is -2.40. The summed E-state index contributed by atoms with van der Waals surface area (Å²) in [5, 5.41) is -0.0219. The number of anilines is 1. The Hall–Kier alpha value is -1.74. The summed E-state index contributed by atoms with van der Waals surface area (Å²) < 4.78 is 0. The third-order valence-corrected chi connectivity index (χ3v) is 5.27. The second-order valence-corrected chi connectivity index (χ2v) is 6.99. The number of carbonyl (C=O) groups excluding carboxylic acids is 1. The van der Waals surface area contributed by atoms with E-state index in [1.54, 1.807) is 11.8 Å². The Kier molecular flexibility index (Phi) is 4.84. The Morgan fingerprint density at radius 2 is 1.86 bits per heavy atom.